The maximum absolute atomic E-state index is 13.9. The Hall–Kier alpha value is -3.46. The molecular weight excluding hydrogens is 453 g/mol. The molecule has 7 nitrogen and oxygen atoms in total. The average Bonchev–Trinajstić information content (AvgIpc) is 3.21. The van der Waals surface area contributed by atoms with E-state index in [1.54, 1.807) is 23.6 Å². The lowest BCUT2D eigenvalue weighted by Crippen LogP contribution is -2.29. The summed E-state index contributed by atoms with van der Waals surface area (Å²) in [7, 11) is 0. The van der Waals surface area contributed by atoms with Crippen molar-refractivity contribution in [2.24, 2.45) is 0 Å². The molecule has 0 aliphatic heterocycles. The first kappa shape index (κ1) is 25.2. The van der Waals surface area contributed by atoms with Gasteiger partial charge in [-0.25, -0.2) is 4.39 Å². The van der Waals surface area contributed by atoms with Crippen molar-refractivity contribution in [2.45, 2.75) is 44.4 Å². The van der Waals surface area contributed by atoms with Gasteiger partial charge in [-0.1, -0.05) is 62.0 Å². The molecule has 0 aliphatic rings. The molecule has 1 atom stereocenters. The molecule has 0 aliphatic carbocycles. The summed E-state index contributed by atoms with van der Waals surface area (Å²) in [6.45, 7) is 10.1. The summed E-state index contributed by atoms with van der Waals surface area (Å²) in [5, 5.41) is 14.6. The highest BCUT2D eigenvalue weighted by molar-refractivity contribution is 7.99. The monoisotopic (exact) mass is 481 g/mol. The van der Waals surface area contributed by atoms with Crippen molar-refractivity contribution in [3.63, 3.8) is 0 Å². The Balaban J connectivity index is 1.69. The summed E-state index contributed by atoms with van der Waals surface area (Å²) >= 11 is 1.24. The van der Waals surface area contributed by atoms with E-state index in [-0.39, 0.29) is 23.1 Å². The molecule has 2 N–H and O–H groups in total. The second-order valence-corrected chi connectivity index (χ2v) is 8.94. The minimum atomic E-state index is -0.596. The van der Waals surface area contributed by atoms with Crippen LogP contribution in [0.5, 0.6) is 0 Å². The van der Waals surface area contributed by atoms with Gasteiger partial charge in [0.15, 0.2) is 11.0 Å². The van der Waals surface area contributed by atoms with Gasteiger partial charge in [0.1, 0.15) is 5.82 Å². The van der Waals surface area contributed by atoms with Crippen LogP contribution in [0.1, 0.15) is 54.5 Å². The minimum Gasteiger partial charge on any atom is -0.342 e. The molecule has 0 spiro atoms. The first-order chi connectivity index (χ1) is 16.3. The Morgan fingerprint density at radius 1 is 1.12 bits per heavy atom. The second kappa shape index (κ2) is 11.6. The van der Waals surface area contributed by atoms with Crippen LogP contribution in [0.25, 0.3) is 0 Å². The summed E-state index contributed by atoms with van der Waals surface area (Å²) in [4.78, 5) is 25.1. The van der Waals surface area contributed by atoms with Crippen LogP contribution in [0.4, 0.5) is 10.1 Å². The van der Waals surface area contributed by atoms with Crippen LogP contribution >= 0.6 is 11.8 Å². The normalized spacial score (nSPS) is 11.8. The van der Waals surface area contributed by atoms with Crippen molar-refractivity contribution >= 4 is 29.3 Å². The molecule has 34 heavy (non-hydrogen) atoms. The number of amides is 2. The van der Waals surface area contributed by atoms with Crippen molar-refractivity contribution in [3.8, 4) is 0 Å². The van der Waals surface area contributed by atoms with E-state index in [4.69, 9.17) is 0 Å². The number of para-hydroxylation sites is 1. The average molecular weight is 482 g/mol. The van der Waals surface area contributed by atoms with Crippen LogP contribution in [0, 0.1) is 5.82 Å². The molecule has 0 saturated carbocycles. The van der Waals surface area contributed by atoms with Gasteiger partial charge < -0.3 is 15.2 Å². The number of halogens is 1. The Morgan fingerprint density at radius 3 is 2.53 bits per heavy atom. The van der Waals surface area contributed by atoms with Gasteiger partial charge in [0, 0.05) is 12.2 Å². The molecule has 3 aromatic rings. The molecule has 2 aromatic carbocycles. The lowest BCUT2D eigenvalue weighted by atomic mass is 10.0. The van der Waals surface area contributed by atoms with Crippen LogP contribution in [-0.4, -0.2) is 32.3 Å². The highest BCUT2D eigenvalue weighted by Crippen LogP contribution is 2.25. The van der Waals surface area contributed by atoms with Gasteiger partial charge in [0.05, 0.1) is 17.4 Å². The Morgan fingerprint density at radius 2 is 1.82 bits per heavy atom. The second-order valence-electron chi connectivity index (χ2n) is 7.99. The van der Waals surface area contributed by atoms with E-state index in [0.29, 0.717) is 17.5 Å². The van der Waals surface area contributed by atoms with Gasteiger partial charge in [-0.3, -0.25) is 9.59 Å². The highest BCUT2D eigenvalue weighted by atomic mass is 32.2. The van der Waals surface area contributed by atoms with Gasteiger partial charge in [0.25, 0.3) is 5.91 Å². The Bertz CT molecular complexity index is 1180. The molecular formula is C25H28FN5O2S. The maximum Gasteiger partial charge on any atom is 0.254 e. The first-order valence-corrected chi connectivity index (χ1v) is 11.9. The molecule has 1 unspecified atom stereocenters. The van der Waals surface area contributed by atoms with Crippen LogP contribution in [0.3, 0.4) is 0 Å². The van der Waals surface area contributed by atoms with Gasteiger partial charge >= 0.3 is 0 Å². The topological polar surface area (TPSA) is 88.9 Å². The zero-order chi connectivity index (χ0) is 24.7. The summed E-state index contributed by atoms with van der Waals surface area (Å²) in [5.41, 5.74) is 1.82. The van der Waals surface area contributed by atoms with Gasteiger partial charge in [-0.15, -0.1) is 16.8 Å². The zero-order valence-electron chi connectivity index (χ0n) is 19.4. The standard InChI is InChI=1S/C25H28FN5O2S/c1-5-14-31-23(17(4)27-24(33)19-11-6-8-12-20(19)26)29-30-25(31)34-15-22(32)28-21-13-9-7-10-18(21)16(2)3/h5-13,16-17H,1,14-15H2,2-4H3,(H,27,33)(H,28,32). The predicted octanol–water partition coefficient (Wildman–Crippen LogP) is 4.95. The third kappa shape index (κ3) is 6.11. The molecule has 178 valence electrons. The number of anilines is 1. The Kier molecular flexibility index (Phi) is 8.59. The number of benzene rings is 2. The minimum absolute atomic E-state index is 0.0444. The summed E-state index contributed by atoms with van der Waals surface area (Å²) in [5.74, 6) is -0.399. The summed E-state index contributed by atoms with van der Waals surface area (Å²) < 4.78 is 15.7. The molecule has 2 amide bonds. The number of carbonyl (C=O) groups excluding carboxylic acids is 2. The molecule has 1 aromatic heterocycles. The summed E-state index contributed by atoms with van der Waals surface area (Å²) in [6, 6.07) is 13.0. The highest BCUT2D eigenvalue weighted by Gasteiger charge is 2.21. The number of nitrogens with zero attached hydrogens (tertiary/aromatic N) is 3. The van der Waals surface area contributed by atoms with E-state index in [2.05, 4.69) is 41.3 Å². The number of thioether (sulfide) groups is 1. The zero-order valence-corrected chi connectivity index (χ0v) is 20.2. The van der Waals surface area contributed by atoms with Crippen LogP contribution in [0.15, 0.2) is 66.3 Å². The van der Waals surface area contributed by atoms with E-state index in [1.165, 1.54) is 30.0 Å². The largest absolute Gasteiger partial charge is 0.342 e. The van der Waals surface area contributed by atoms with Crippen molar-refractivity contribution in [2.75, 3.05) is 11.1 Å². The SMILES string of the molecule is C=CCn1c(SCC(=O)Nc2ccccc2C(C)C)nnc1C(C)NC(=O)c1ccccc1F. The first-order valence-electron chi connectivity index (χ1n) is 10.9. The maximum atomic E-state index is 13.9. The van der Waals surface area contributed by atoms with Crippen LogP contribution in [-0.2, 0) is 11.3 Å². The van der Waals surface area contributed by atoms with Gasteiger partial charge in [0.2, 0.25) is 5.91 Å². The number of allylic oxidation sites excluding steroid dienone is 1. The van der Waals surface area contributed by atoms with Crippen LogP contribution in [0.2, 0.25) is 0 Å². The van der Waals surface area contributed by atoms with Crippen molar-refractivity contribution in [1.82, 2.24) is 20.1 Å². The number of rotatable bonds is 10. The van der Waals surface area contributed by atoms with Crippen molar-refractivity contribution < 1.29 is 14.0 Å². The summed E-state index contributed by atoms with van der Waals surface area (Å²) in [6.07, 6.45) is 1.68. The van der Waals surface area contributed by atoms with Gasteiger partial charge in [-0.2, -0.15) is 0 Å². The fourth-order valence-corrected chi connectivity index (χ4v) is 4.20. The Labute approximate surface area is 202 Å². The van der Waals surface area contributed by atoms with E-state index in [1.807, 2.05) is 24.3 Å². The van der Waals surface area contributed by atoms with Gasteiger partial charge in [-0.05, 0) is 36.6 Å². The third-order valence-electron chi connectivity index (χ3n) is 5.10. The number of hydrogen-bond acceptors (Lipinski definition) is 5. The molecule has 0 saturated heterocycles. The van der Waals surface area contributed by atoms with Crippen molar-refractivity contribution in [3.05, 3.63) is 84.0 Å². The fourth-order valence-electron chi connectivity index (χ4n) is 3.44. The van der Waals surface area contributed by atoms with Crippen LogP contribution < -0.4 is 10.6 Å². The molecule has 0 radical (unpaired) electrons. The molecule has 0 bridgehead atoms. The third-order valence-corrected chi connectivity index (χ3v) is 6.07. The number of nitrogens with one attached hydrogen (secondary N) is 2. The molecule has 9 heteroatoms. The molecule has 3 rings (SSSR count). The van der Waals surface area contributed by atoms with E-state index >= 15 is 0 Å². The molecule has 1 heterocycles. The van der Waals surface area contributed by atoms with Crippen molar-refractivity contribution in [1.29, 1.82) is 0 Å². The smallest absolute Gasteiger partial charge is 0.254 e. The fraction of sp³-hybridized carbons (Fsp3) is 0.280. The van der Waals surface area contributed by atoms with E-state index < -0.39 is 17.8 Å². The lowest BCUT2D eigenvalue weighted by molar-refractivity contribution is -0.113. The van der Waals surface area contributed by atoms with E-state index in [0.717, 1.165) is 11.3 Å². The predicted molar refractivity (Wildman–Crippen MR) is 132 cm³/mol. The number of hydrogen-bond donors (Lipinski definition) is 2. The number of carbonyl (C=O) groups is 2. The molecule has 0 fully saturated rings. The lowest BCUT2D eigenvalue weighted by Gasteiger charge is -2.16. The number of aromatic nitrogens is 3. The van der Waals surface area contributed by atoms with E-state index in [9.17, 15) is 14.0 Å². The quantitative estimate of drug-likeness (QED) is 0.316.